The van der Waals surface area contributed by atoms with E-state index in [0.717, 1.165) is 25.2 Å². The van der Waals surface area contributed by atoms with Crippen molar-refractivity contribution < 1.29 is 4.74 Å². The van der Waals surface area contributed by atoms with Crippen molar-refractivity contribution in [3.05, 3.63) is 65.2 Å². The molecule has 21 heavy (non-hydrogen) atoms. The maximum absolute atomic E-state index is 5.71. The van der Waals surface area contributed by atoms with Crippen LogP contribution in [-0.4, -0.2) is 6.61 Å². The summed E-state index contributed by atoms with van der Waals surface area (Å²) in [6.07, 6.45) is 2.24. The number of hydrogen-bond acceptors (Lipinski definition) is 1. The number of hydrogen-bond donors (Lipinski definition) is 0. The summed E-state index contributed by atoms with van der Waals surface area (Å²) >= 11 is 3.93. The average Bonchev–Trinajstić information content (AvgIpc) is 2.54. The van der Waals surface area contributed by atoms with Gasteiger partial charge >= 0.3 is 0 Å². The first-order valence-corrected chi connectivity index (χ1v) is 8.46. The summed E-state index contributed by atoms with van der Waals surface area (Å²) < 4.78 is 5.71. The van der Waals surface area contributed by atoms with Gasteiger partial charge in [0, 0.05) is 10.2 Å². The normalized spacial score (nSPS) is 16.0. The van der Waals surface area contributed by atoms with Crippen LogP contribution in [0.15, 0.2) is 48.5 Å². The molecule has 1 atom stereocenters. The van der Waals surface area contributed by atoms with E-state index in [9.17, 15) is 0 Å². The topological polar surface area (TPSA) is 9.23 Å². The fourth-order valence-electron chi connectivity index (χ4n) is 2.97. The standard InChI is InChI=1S/C19H21BrO/c1-19(2,16-8-4-3-5-9-16)18(20)15-10-11-17-14(13-15)7-6-12-21-17/h3-5,8-11,13,18H,6-7,12H2,1-2H3. The number of benzene rings is 2. The lowest BCUT2D eigenvalue weighted by atomic mass is 9.78. The molecule has 1 nitrogen and oxygen atoms in total. The number of ether oxygens (including phenoxy) is 1. The summed E-state index contributed by atoms with van der Waals surface area (Å²) in [5, 5.41) is 0. The summed E-state index contributed by atoms with van der Waals surface area (Å²) in [6, 6.07) is 17.3. The second kappa shape index (κ2) is 5.84. The molecule has 1 aliphatic rings. The second-order valence-electron chi connectivity index (χ2n) is 6.27. The third-order valence-electron chi connectivity index (χ3n) is 4.38. The lowest BCUT2D eigenvalue weighted by Crippen LogP contribution is -2.23. The zero-order valence-corrected chi connectivity index (χ0v) is 14.2. The van der Waals surface area contributed by atoms with Crippen LogP contribution in [0.5, 0.6) is 5.75 Å². The molecule has 0 amide bonds. The predicted octanol–water partition coefficient (Wildman–Crippen LogP) is 5.43. The van der Waals surface area contributed by atoms with E-state index in [1.54, 1.807) is 0 Å². The van der Waals surface area contributed by atoms with Crippen LogP contribution in [-0.2, 0) is 11.8 Å². The van der Waals surface area contributed by atoms with Gasteiger partial charge in [0.25, 0.3) is 0 Å². The lowest BCUT2D eigenvalue weighted by Gasteiger charge is -2.32. The molecule has 1 unspecified atom stereocenters. The minimum atomic E-state index is 0.0328. The van der Waals surface area contributed by atoms with Gasteiger partial charge in [0.1, 0.15) is 5.75 Å². The molecule has 2 aromatic carbocycles. The largest absolute Gasteiger partial charge is 0.493 e. The number of aryl methyl sites for hydroxylation is 1. The van der Waals surface area contributed by atoms with Crippen LogP contribution in [0.4, 0.5) is 0 Å². The maximum Gasteiger partial charge on any atom is 0.122 e. The van der Waals surface area contributed by atoms with Crippen LogP contribution in [0.25, 0.3) is 0 Å². The highest BCUT2D eigenvalue weighted by Gasteiger charge is 2.31. The number of fused-ring (bicyclic) bond motifs is 1. The van der Waals surface area contributed by atoms with Gasteiger partial charge in [-0.3, -0.25) is 0 Å². The molecule has 0 saturated heterocycles. The van der Waals surface area contributed by atoms with Crippen LogP contribution in [0, 0.1) is 0 Å². The summed E-state index contributed by atoms with van der Waals surface area (Å²) in [6.45, 7) is 5.43. The van der Waals surface area contributed by atoms with Crippen LogP contribution >= 0.6 is 15.9 Å². The molecule has 0 saturated carbocycles. The molecule has 0 N–H and O–H groups in total. The van der Waals surface area contributed by atoms with E-state index >= 15 is 0 Å². The quantitative estimate of drug-likeness (QED) is 0.675. The molecule has 0 bridgehead atoms. The van der Waals surface area contributed by atoms with Crippen molar-refractivity contribution in [2.24, 2.45) is 0 Å². The Morgan fingerprint density at radius 1 is 1.10 bits per heavy atom. The van der Waals surface area contributed by atoms with Crippen LogP contribution in [0.2, 0.25) is 0 Å². The van der Waals surface area contributed by atoms with E-state index in [1.807, 2.05) is 0 Å². The summed E-state index contributed by atoms with van der Waals surface area (Å²) in [4.78, 5) is 0.277. The Kier molecular flexibility index (Phi) is 4.08. The summed E-state index contributed by atoms with van der Waals surface area (Å²) in [5.74, 6) is 1.06. The maximum atomic E-state index is 5.71. The van der Waals surface area contributed by atoms with Gasteiger partial charge in [0.05, 0.1) is 6.61 Å². The van der Waals surface area contributed by atoms with E-state index in [4.69, 9.17) is 4.74 Å². The monoisotopic (exact) mass is 344 g/mol. The lowest BCUT2D eigenvalue weighted by molar-refractivity contribution is 0.288. The number of halogens is 1. The zero-order chi connectivity index (χ0) is 14.9. The first-order chi connectivity index (χ1) is 10.1. The van der Waals surface area contributed by atoms with Gasteiger partial charge in [-0.05, 0) is 35.6 Å². The Labute approximate surface area is 135 Å². The van der Waals surface area contributed by atoms with Gasteiger partial charge < -0.3 is 4.74 Å². The zero-order valence-electron chi connectivity index (χ0n) is 12.6. The first-order valence-electron chi connectivity index (χ1n) is 7.54. The first kappa shape index (κ1) is 14.6. The van der Waals surface area contributed by atoms with Crippen molar-refractivity contribution >= 4 is 15.9 Å². The van der Waals surface area contributed by atoms with Gasteiger partial charge in [-0.2, -0.15) is 0 Å². The summed E-state index contributed by atoms with van der Waals surface area (Å²) in [7, 11) is 0. The van der Waals surface area contributed by atoms with Gasteiger partial charge in [0.2, 0.25) is 0 Å². The smallest absolute Gasteiger partial charge is 0.122 e. The Balaban J connectivity index is 1.92. The van der Waals surface area contributed by atoms with Crippen molar-refractivity contribution in [2.45, 2.75) is 36.9 Å². The predicted molar refractivity (Wildman–Crippen MR) is 91.4 cm³/mol. The Bertz CT molecular complexity index is 619. The molecule has 3 rings (SSSR count). The molecule has 0 fully saturated rings. The third-order valence-corrected chi connectivity index (χ3v) is 6.05. The van der Waals surface area contributed by atoms with Gasteiger partial charge in [-0.1, -0.05) is 72.2 Å². The van der Waals surface area contributed by atoms with E-state index in [-0.39, 0.29) is 10.2 Å². The minimum absolute atomic E-state index is 0.0328. The Morgan fingerprint density at radius 2 is 1.86 bits per heavy atom. The van der Waals surface area contributed by atoms with E-state index in [0.29, 0.717) is 0 Å². The molecule has 0 radical (unpaired) electrons. The van der Waals surface area contributed by atoms with E-state index in [1.165, 1.54) is 16.7 Å². The number of rotatable bonds is 3. The Morgan fingerprint density at radius 3 is 2.62 bits per heavy atom. The second-order valence-corrected chi connectivity index (χ2v) is 7.19. The highest BCUT2D eigenvalue weighted by molar-refractivity contribution is 9.09. The van der Waals surface area contributed by atoms with Crippen LogP contribution in [0.3, 0.4) is 0 Å². The van der Waals surface area contributed by atoms with Crippen LogP contribution < -0.4 is 4.74 Å². The summed E-state index contributed by atoms with van der Waals surface area (Å²) in [5.41, 5.74) is 4.05. The molecule has 1 heterocycles. The highest BCUT2D eigenvalue weighted by Crippen LogP contribution is 2.44. The molecule has 110 valence electrons. The van der Waals surface area contributed by atoms with Crippen molar-refractivity contribution in [1.29, 1.82) is 0 Å². The average molecular weight is 345 g/mol. The van der Waals surface area contributed by atoms with Crippen molar-refractivity contribution in [2.75, 3.05) is 6.61 Å². The van der Waals surface area contributed by atoms with Crippen molar-refractivity contribution in [1.82, 2.24) is 0 Å². The molecule has 2 aromatic rings. The molecule has 0 spiro atoms. The molecule has 0 aliphatic carbocycles. The highest BCUT2D eigenvalue weighted by atomic mass is 79.9. The number of alkyl halides is 1. The fourth-order valence-corrected chi connectivity index (χ4v) is 3.52. The molecular weight excluding hydrogens is 324 g/mol. The SMILES string of the molecule is CC(C)(c1ccccc1)C(Br)c1ccc2c(c1)CCCO2. The molecule has 1 aliphatic heterocycles. The van der Waals surface area contributed by atoms with Gasteiger partial charge in [-0.15, -0.1) is 0 Å². The fraction of sp³-hybridized carbons (Fsp3) is 0.368. The van der Waals surface area contributed by atoms with Crippen LogP contribution in [0.1, 0.15) is 41.8 Å². The van der Waals surface area contributed by atoms with E-state index in [2.05, 4.69) is 78.3 Å². The van der Waals surface area contributed by atoms with Gasteiger partial charge in [0.15, 0.2) is 0 Å². The molecule has 0 aromatic heterocycles. The van der Waals surface area contributed by atoms with Crippen molar-refractivity contribution in [3.63, 3.8) is 0 Å². The third kappa shape index (κ3) is 2.87. The Hall–Kier alpha value is -1.28. The van der Waals surface area contributed by atoms with E-state index < -0.39 is 0 Å². The molecule has 2 heteroatoms. The van der Waals surface area contributed by atoms with Gasteiger partial charge in [-0.25, -0.2) is 0 Å². The molecular formula is C19H21BrO. The van der Waals surface area contributed by atoms with Crippen molar-refractivity contribution in [3.8, 4) is 5.75 Å². The minimum Gasteiger partial charge on any atom is -0.493 e.